The lowest BCUT2D eigenvalue weighted by Crippen LogP contribution is -2.54. The minimum atomic E-state index is -4.21. The van der Waals surface area contributed by atoms with Gasteiger partial charge in [0.25, 0.3) is 10.0 Å². The quantitative estimate of drug-likeness (QED) is 0.151. The van der Waals surface area contributed by atoms with E-state index >= 15 is 0 Å². The fourth-order valence-corrected chi connectivity index (χ4v) is 7.02. The maximum absolute atomic E-state index is 14.6. The van der Waals surface area contributed by atoms with Gasteiger partial charge in [0.15, 0.2) is 0 Å². The Balaban J connectivity index is 1.84. The van der Waals surface area contributed by atoms with Crippen molar-refractivity contribution in [3.63, 3.8) is 0 Å². The fraction of sp³-hybridized carbons (Fsp3) is 0.257. The molecule has 46 heavy (non-hydrogen) atoms. The van der Waals surface area contributed by atoms with E-state index in [0.29, 0.717) is 22.0 Å². The number of hydrogen-bond acceptors (Lipinski definition) is 4. The molecule has 0 bridgehead atoms. The molecule has 0 saturated carbocycles. The first-order valence-corrected chi connectivity index (χ1v) is 17.8. The van der Waals surface area contributed by atoms with Gasteiger partial charge in [-0.1, -0.05) is 100 Å². The summed E-state index contributed by atoms with van der Waals surface area (Å²) in [7, 11) is -4.21. The van der Waals surface area contributed by atoms with E-state index < -0.39 is 28.5 Å². The minimum Gasteiger partial charge on any atom is -0.352 e. The predicted octanol–water partition coefficient (Wildman–Crippen LogP) is 7.81. The summed E-state index contributed by atoms with van der Waals surface area (Å²) in [5.41, 5.74) is 2.46. The summed E-state index contributed by atoms with van der Waals surface area (Å²) in [6.45, 7) is 5.00. The van der Waals surface area contributed by atoms with E-state index in [1.165, 1.54) is 17.0 Å². The van der Waals surface area contributed by atoms with Crippen molar-refractivity contribution in [2.75, 3.05) is 10.8 Å². The number of carbonyl (C=O) groups excluding carboxylic acids is 2. The molecule has 2 atom stereocenters. The molecule has 0 radical (unpaired) electrons. The number of carbonyl (C=O) groups is 2. The SMILES string of the molecule is CC[C@H](C)NC(=O)[C@H](Cc1ccccc1)N(Cc1c(Cl)cccc1Cl)C(=O)CN(c1ccc(Br)cc1)S(=O)(=O)c1ccc(C)cc1. The highest BCUT2D eigenvalue weighted by Crippen LogP contribution is 2.29. The molecular formula is C35H36BrCl2N3O4S. The van der Waals surface area contributed by atoms with E-state index in [9.17, 15) is 18.0 Å². The molecular weight excluding hydrogens is 709 g/mol. The Kier molecular flexibility index (Phi) is 12.3. The smallest absolute Gasteiger partial charge is 0.264 e. The lowest BCUT2D eigenvalue weighted by atomic mass is 10.0. The second-order valence-corrected chi connectivity index (χ2v) is 14.6. The van der Waals surface area contributed by atoms with Gasteiger partial charge in [-0.25, -0.2) is 8.42 Å². The molecule has 11 heteroatoms. The number of anilines is 1. The van der Waals surface area contributed by atoms with Crippen molar-refractivity contribution >= 4 is 66.7 Å². The maximum atomic E-state index is 14.6. The van der Waals surface area contributed by atoms with E-state index in [1.807, 2.05) is 51.1 Å². The number of benzene rings is 4. The van der Waals surface area contributed by atoms with E-state index in [4.69, 9.17) is 23.2 Å². The van der Waals surface area contributed by atoms with Gasteiger partial charge in [-0.05, 0) is 74.4 Å². The molecule has 4 rings (SSSR count). The maximum Gasteiger partial charge on any atom is 0.264 e. The highest BCUT2D eigenvalue weighted by Gasteiger charge is 2.35. The molecule has 0 fully saturated rings. The van der Waals surface area contributed by atoms with Crippen LogP contribution in [0.3, 0.4) is 0 Å². The Morgan fingerprint density at radius 2 is 1.48 bits per heavy atom. The van der Waals surface area contributed by atoms with Gasteiger partial charge < -0.3 is 10.2 Å². The molecule has 0 saturated heterocycles. The van der Waals surface area contributed by atoms with Gasteiger partial charge in [0, 0.05) is 39.1 Å². The molecule has 0 aliphatic heterocycles. The van der Waals surface area contributed by atoms with Gasteiger partial charge >= 0.3 is 0 Å². The van der Waals surface area contributed by atoms with Gasteiger partial charge in [0.2, 0.25) is 11.8 Å². The number of amides is 2. The average molecular weight is 746 g/mol. The minimum absolute atomic E-state index is 0.0323. The summed E-state index contributed by atoms with van der Waals surface area (Å²) >= 11 is 16.6. The van der Waals surface area contributed by atoms with Crippen LogP contribution in [-0.4, -0.2) is 43.8 Å². The lowest BCUT2D eigenvalue weighted by molar-refractivity contribution is -0.140. The Morgan fingerprint density at radius 1 is 0.870 bits per heavy atom. The van der Waals surface area contributed by atoms with Crippen LogP contribution in [0.2, 0.25) is 10.0 Å². The zero-order chi connectivity index (χ0) is 33.4. The van der Waals surface area contributed by atoms with Crippen molar-refractivity contribution in [2.24, 2.45) is 0 Å². The predicted molar refractivity (Wildman–Crippen MR) is 189 cm³/mol. The molecule has 4 aromatic carbocycles. The van der Waals surface area contributed by atoms with Crippen LogP contribution in [0.4, 0.5) is 5.69 Å². The molecule has 7 nitrogen and oxygen atoms in total. The summed E-state index contributed by atoms with van der Waals surface area (Å²) in [4.78, 5) is 30.0. The first-order chi connectivity index (χ1) is 21.9. The van der Waals surface area contributed by atoms with Crippen LogP contribution in [0.1, 0.15) is 37.0 Å². The Hall–Kier alpha value is -3.37. The zero-order valence-corrected chi connectivity index (χ0v) is 29.7. The third-order valence-corrected chi connectivity index (χ3v) is 10.7. The Morgan fingerprint density at radius 3 is 2.07 bits per heavy atom. The van der Waals surface area contributed by atoms with Crippen LogP contribution in [0.25, 0.3) is 0 Å². The van der Waals surface area contributed by atoms with E-state index in [2.05, 4.69) is 21.2 Å². The molecule has 0 aliphatic rings. The van der Waals surface area contributed by atoms with Crippen LogP contribution in [-0.2, 0) is 32.6 Å². The van der Waals surface area contributed by atoms with E-state index in [-0.39, 0.29) is 35.5 Å². The van der Waals surface area contributed by atoms with Crippen molar-refractivity contribution in [3.8, 4) is 0 Å². The van der Waals surface area contributed by atoms with Gasteiger partial charge in [0.1, 0.15) is 12.6 Å². The summed E-state index contributed by atoms with van der Waals surface area (Å²) in [6, 6.07) is 26.3. The van der Waals surface area contributed by atoms with Crippen LogP contribution in [0.5, 0.6) is 0 Å². The summed E-state index contributed by atoms with van der Waals surface area (Å²) in [5.74, 6) is -0.971. The Labute approximate surface area is 289 Å². The van der Waals surface area contributed by atoms with Gasteiger partial charge in [-0.15, -0.1) is 0 Å². The summed E-state index contributed by atoms with van der Waals surface area (Å²) in [5, 5.41) is 3.66. The first-order valence-electron chi connectivity index (χ1n) is 14.8. The zero-order valence-electron chi connectivity index (χ0n) is 25.8. The number of hydrogen-bond donors (Lipinski definition) is 1. The number of sulfonamides is 1. The lowest BCUT2D eigenvalue weighted by Gasteiger charge is -2.34. The first kappa shape index (κ1) is 35.5. The van der Waals surface area contributed by atoms with Gasteiger partial charge in [-0.3, -0.25) is 13.9 Å². The largest absolute Gasteiger partial charge is 0.352 e. The fourth-order valence-electron chi connectivity index (χ4n) is 4.82. The van der Waals surface area contributed by atoms with Gasteiger partial charge in [-0.2, -0.15) is 0 Å². The van der Waals surface area contributed by atoms with Crippen LogP contribution in [0, 0.1) is 6.92 Å². The number of aryl methyl sites for hydroxylation is 1. The summed E-state index contributed by atoms with van der Waals surface area (Å²) in [6.07, 6.45) is 0.861. The Bertz CT molecular complexity index is 1740. The standard InChI is InChI=1S/C35H36BrCl2N3O4S/c1-4-25(3)39-35(43)33(21-26-9-6-5-7-10-26)40(22-30-31(37)11-8-12-32(30)38)34(42)23-41(28-17-15-27(36)16-18-28)46(44,45)29-19-13-24(2)14-20-29/h5-20,25,33H,4,21-23H2,1-3H3,(H,39,43)/t25-,33-/m0/s1. The molecule has 0 spiro atoms. The topological polar surface area (TPSA) is 86.8 Å². The number of nitrogens with one attached hydrogen (secondary N) is 1. The highest BCUT2D eigenvalue weighted by atomic mass is 79.9. The molecule has 0 aromatic heterocycles. The molecule has 1 N–H and O–H groups in total. The summed E-state index contributed by atoms with van der Waals surface area (Å²) < 4.78 is 30.1. The van der Waals surface area contributed by atoms with Crippen LogP contribution >= 0.6 is 39.1 Å². The third kappa shape index (κ3) is 8.91. The normalized spacial score (nSPS) is 12.7. The highest BCUT2D eigenvalue weighted by molar-refractivity contribution is 9.10. The van der Waals surface area contributed by atoms with Crippen molar-refractivity contribution in [3.05, 3.63) is 128 Å². The molecule has 0 aliphatic carbocycles. The molecule has 0 unspecified atom stereocenters. The third-order valence-electron chi connectivity index (χ3n) is 7.66. The van der Waals surface area contributed by atoms with Crippen molar-refractivity contribution < 1.29 is 18.0 Å². The number of nitrogens with zero attached hydrogens (tertiary/aromatic N) is 2. The van der Waals surface area contributed by atoms with Crippen molar-refractivity contribution in [1.29, 1.82) is 0 Å². The van der Waals surface area contributed by atoms with Gasteiger partial charge in [0.05, 0.1) is 10.6 Å². The molecule has 242 valence electrons. The van der Waals surface area contributed by atoms with E-state index in [1.54, 1.807) is 54.6 Å². The second kappa shape index (κ2) is 16.0. The molecule has 2 amide bonds. The van der Waals surface area contributed by atoms with Crippen molar-refractivity contribution in [2.45, 2.75) is 57.1 Å². The average Bonchev–Trinajstić information content (AvgIpc) is 3.03. The number of rotatable bonds is 13. The van der Waals surface area contributed by atoms with Crippen LogP contribution < -0.4 is 9.62 Å². The molecule has 4 aromatic rings. The van der Waals surface area contributed by atoms with Crippen molar-refractivity contribution in [1.82, 2.24) is 10.2 Å². The van der Waals surface area contributed by atoms with E-state index in [0.717, 1.165) is 19.9 Å². The molecule has 0 heterocycles. The monoisotopic (exact) mass is 743 g/mol. The second-order valence-electron chi connectivity index (χ2n) is 11.0. The number of halogens is 3. The van der Waals surface area contributed by atoms with Crippen LogP contribution in [0.15, 0.2) is 106 Å².